The third-order valence-corrected chi connectivity index (χ3v) is 7.43. The first-order valence-corrected chi connectivity index (χ1v) is 11.6. The first-order valence-electron chi connectivity index (χ1n) is 10.0. The Labute approximate surface area is 183 Å². The van der Waals surface area contributed by atoms with Gasteiger partial charge in [-0.05, 0) is 31.9 Å². The summed E-state index contributed by atoms with van der Waals surface area (Å²) in [5.74, 6) is -0.0539. The molecule has 1 unspecified atom stereocenters. The average Bonchev–Trinajstić information content (AvgIpc) is 3.51. The second-order valence-corrected chi connectivity index (χ2v) is 9.32. The molecule has 1 aliphatic rings. The van der Waals surface area contributed by atoms with Crippen LogP contribution in [0.5, 0.6) is 0 Å². The zero-order chi connectivity index (χ0) is 20.5. The Bertz CT molecular complexity index is 1150. The quantitative estimate of drug-likeness (QED) is 0.412. The van der Waals surface area contributed by atoms with Crippen LogP contribution in [0.3, 0.4) is 0 Å². The molecule has 5 nitrogen and oxygen atoms in total. The first-order chi connectivity index (χ1) is 14.7. The standard InChI is InChI=1S/C23H21N3O2S2/c1-15-20(30-21(24-15)16-8-3-2-4-9-16)22(27)26(14-17-10-7-13-28-17)23-25-18-11-5-6-12-19(18)29-23/h2-6,8-9,11-12,17H,7,10,13-14H2,1H3. The highest BCUT2D eigenvalue weighted by Crippen LogP contribution is 2.34. The number of nitrogens with zero attached hydrogens (tertiary/aromatic N) is 3. The number of carbonyl (C=O) groups excluding carboxylic acids is 1. The van der Waals surface area contributed by atoms with Gasteiger partial charge in [-0.15, -0.1) is 11.3 Å². The van der Waals surface area contributed by atoms with Crippen molar-refractivity contribution in [1.29, 1.82) is 0 Å². The highest BCUT2D eigenvalue weighted by Gasteiger charge is 2.29. The van der Waals surface area contributed by atoms with E-state index in [9.17, 15) is 4.79 Å². The van der Waals surface area contributed by atoms with Crippen LogP contribution < -0.4 is 4.90 Å². The van der Waals surface area contributed by atoms with Gasteiger partial charge in [-0.2, -0.15) is 0 Å². The van der Waals surface area contributed by atoms with Crippen molar-refractivity contribution < 1.29 is 9.53 Å². The molecule has 1 amide bonds. The van der Waals surface area contributed by atoms with E-state index >= 15 is 0 Å². The number of ether oxygens (including phenoxy) is 1. The van der Waals surface area contributed by atoms with Crippen LogP contribution in [0.2, 0.25) is 0 Å². The number of hydrogen-bond donors (Lipinski definition) is 0. The third-order valence-electron chi connectivity index (χ3n) is 5.18. The van der Waals surface area contributed by atoms with Crippen LogP contribution in [-0.4, -0.2) is 35.1 Å². The molecule has 0 saturated carbocycles. The van der Waals surface area contributed by atoms with Crippen molar-refractivity contribution in [2.45, 2.75) is 25.9 Å². The van der Waals surface area contributed by atoms with Crippen molar-refractivity contribution >= 4 is 43.9 Å². The van der Waals surface area contributed by atoms with Crippen molar-refractivity contribution in [3.8, 4) is 10.6 Å². The van der Waals surface area contributed by atoms with Gasteiger partial charge in [0.1, 0.15) is 9.88 Å². The summed E-state index contributed by atoms with van der Waals surface area (Å²) in [5, 5.41) is 1.57. The fraction of sp³-hybridized carbons (Fsp3) is 0.261. The molecule has 3 heterocycles. The molecule has 0 spiro atoms. The lowest BCUT2D eigenvalue weighted by Crippen LogP contribution is -2.37. The van der Waals surface area contributed by atoms with Crippen molar-refractivity contribution in [2.24, 2.45) is 0 Å². The molecule has 4 aromatic rings. The lowest BCUT2D eigenvalue weighted by molar-refractivity contribution is 0.0920. The van der Waals surface area contributed by atoms with E-state index in [1.807, 2.05) is 61.5 Å². The second-order valence-electron chi connectivity index (χ2n) is 7.31. The number of aromatic nitrogens is 2. The Hall–Kier alpha value is -2.61. The monoisotopic (exact) mass is 435 g/mol. The highest BCUT2D eigenvalue weighted by molar-refractivity contribution is 7.22. The van der Waals surface area contributed by atoms with E-state index in [2.05, 4.69) is 4.98 Å². The van der Waals surface area contributed by atoms with Gasteiger partial charge in [0.15, 0.2) is 5.13 Å². The fourth-order valence-electron chi connectivity index (χ4n) is 3.64. The molecule has 0 radical (unpaired) electrons. The summed E-state index contributed by atoms with van der Waals surface area (Å²) in [6.07, 6.45) is 2.04. The van der Waals surface area contributed by atoms with Crippen LogP contribution >= 0.6 is 22.7 Å². The van der Waals surface area contributed by atoms with Gasteiger partial charge in [0.25, 0.3) is 5.91 Å². The lowest BCUT2D eigenvalue weighted by atomic mass is 10.2. The molecule has 0 aliphatic carbocycles. The van der Waals surface area contributed by atoms with Crippen molar-refractivity contribution in [2.75, 3.05) is 18.1 Å². The number of rotatable bonds is 5. The zero-order valence-electron chi connectivity index (χ0n) is 16.6. The maximum Gasteiger partial charge on any atom is 0.272 e. The predicted octanol–water partition coefficient (Wildman–Crippen LogP) is 5.55. The number of fused-ring (bicyclic) bond motifs is 1. The van der Waals surface area contributed by atoms with Gasteiger partial charge in [-0.3, -0.25) is 9.69 Å². The number of hydrogen-bond acceptors (Lipinski definition) is 6. The molecule has 1 saturated heterocycles. The van der Waals surface area contributed by atoms with Gasteiger partial charge in [-0.1, -0.05) is 53.8 Å². The topological polar surface area (TPSA) is 55.3 Å². The summed E-state index contributed by atoms with van der Waals surface area (Å²) in [6.45, 7) is 3.17. The molecule has 152 valence electrons. The minimum absolute atomic E-state index is 0.0442. The van der Waals surface area contributed by atoms with Gasteiger partial charge >= 0.3 is 0 Å². The molecule has 1 fully saturated rings. The first kappa shape index (κ1) is 19.4. The third kappa shape index (κ3) is 3.76. The van der Waals surface area contributed by atoms with E-state index < -0.39 is 0 Å². The molecule has 0 N–H and O–H groups in total. The zero-order valence-corrected chi connectivity index (χ0v) is 18.2. The van der Waals surface area contributed by atoms with E-state index in [-0.39, 0.29) is 12.0 Å². The van der Waals surface area contributed by atoms with Gasteiger partial charge in [0.2, 0.25) is 0 Å². The Morgan fingerprint density at radius 2 is 1.90 bits per heavy atom. The molecular weight excluding hydrogens is 414 g/mol. The molecular formula is C23H21N3O2S2. The van der Waals surface area contributed by atoms with E-state index in [1.54, 1.807) is 16.2 Å². The van der Waals surface area contributed by atoms with Crippen molar-refractivity contribution in [3.63, 3.8) is 0 Å². The highest BCUT2D eigenvalue weighted by atomic mass is 32.1. The molecule has 2 aromatic heterocycles. The van der Waals surface area contributed by atoms with E-state index in [4.69, 9.17) is 9.72 Å². The van der Waals surface area contributed by atoms with E-state index in [1.165, 1.54) is 11.3 Å². The van der Waals surface area contributed by atoms with E-state index in [0.717, 1.165) is 45.9 Å². The molecule has 0 bridgehead atoms. The van der Waals surface area contributed by atoms with E-state index in [0.29, 0.717) is 16.6 Å². The Morgan fingerprint density at radius 3 is 2.67 bits per heavy atom. The van der Waals surface area contributed by atoms with Gasteiger partial charge in [0, 0.05) is 12.2 Å². The molecule has 1 aliphatic heterocycles. The molecule has 2 aromatic carbocycles. The normalized spacial score (nSPS) is 16.2. The Morgan fingerprint density at radius 1 is 1.10 bits per heavy atom. The number of anilines is 1. The van der Waals surface area contributed by atoms with Crippen molar-refractivity contribution in [3.05, 3.63) is 65.2 Å². The molecule has 7 heteroatoms. The fourth-order valence-corrected chi connectivity index (χ4v) is 5.63. The van der Waals surface area contributed by atoms with Crippen LogP contribution in [0.15, 0.2) is 54.6 Å². The smallest absolute Gasteiger partial charge is 0.272 e. The number of carbonyl (C=O) groups is 1. The Balaban J connectivity index is 1.52. The summed E-state index contributed by atoms with van der Waals surface area (Å²) in [6, 6.07) is 18.0. The van der Waals surface area contributed by atoms with Gasteiger partial charge < -0.3 is 4.74 Å². The summed E-state index contributed by atoms with van der Waals surface area (Å²) in [5.41, 5.74) is 2.69. The maximum absolute atomic E-state index is 13.7. The Kier molecular flexibility index (Phi) is 5.33. The largest absolute Gasteiger partial charge is 0.376 e. The number of para-hydroxylation sites is 1. The number of aryl methyl sites for hydroxylation is 1. The van der Waals surface area contributed by atoms with Crippen LogP contribution in [0, 0.1) is 6.92 Å². The summed E-state index contributed by atoms with van der Waals surface area (Å²) in [4.78, 5) is 25.6. The van der Waals surface area contributed by atoms with Gasteiger partial charge in [-0.25, -0.2) is 9.97 Å². The second kappa shape index (κ2) is 8.26. The summed E-state index contributed by atoms with van der Waals surface area (Å²) < 4.78 is 6.91. The average molecular weight is 436 g/mol. The van der Waals surface area contributed by atoms with Crippen LogP contribution in [0.4, 0.5) is 5.13 Å². The summed E-state index contributed by atoms with van der Waals surface area (Å²) in [7, 11) is 0. The number of amides is 1. The summed E-state index contributed by atoms with van der Waals surface area (Å²) >= 11 is 2.99. The SMILES string of the molecule is Cc1nc(-c2ccccc2)sc1C(=O)N(CC1CCCO1)c1nc2ccccc2s1. The minimum Gasteiger partial charge on any atom is -0.376 e. The van der Waals surface area contributed by atoms with Crippen LogP contribution in [0.1, 0.15) is 28.2 Å². The molecule has 5 rings (SSSR count). The minimum atomic E-state index is -0.0539. The maximum atomic E-state index is 13.7. The number of benzene rings is 2. The molecule has 30 heavy (non-hydrogen) atoms. The van der Waals surface area contributed by atoms with Crippen molar-refractivity contribution in [1.82, 2.24) is 9.97 Å². The van der Waals surface area contributed by atoms with Gasteiger partial charge in [0.05, 0.1) is 28.6 Å². The molecule has 1 atom stereocenters. The van der Waals surface area contributed by atoms with Crippen LogP contribution in [0.25, 0.3) is 20.8 Å². The predicted molar refractivity (Wildman–Crippen MR) is 123 cm³/mol. The van der Waals surface area contributed by atoms with Crippen LogP contribution in [-0.2, 0) is 4.74 Å². The number of thiazole rings is 2. The lowest BCUT2D eigenvalue weighted by Gasteiger charge is -2.22.